The molecule has 0 aromatic heterocycles. The van der Waals surface area contributed by atoms with Crippen LogP contribution in [-0.2, 0) is 9.73 Å². The van der Waals surface area contributed by atoms with Crippen molar-refractivity contribution in [3.05, 3.63) is 0 Å². The Bertz CT molecular complexity index is 250. The average molecular weight is 192 g/mol. The first-order chi connectivity index (χ1) is 5.47. The largest absolute Gasteiger partial charge is 0.392 e. The Morgan fingerprint density at radius 1 is 1.67 bits per heavy atom. The highest BCUT2D eigenvalue weighted by Crippen LogP contribution is 2.06. The molecular weight excluding hydrogens is 176 g/mol. The van der Waals surface area contributed by atoms with Crippen LogP contribution in [0.1, 0.15) is 6.42 Å². The summed E-state index contributed by atoms with van der Waals surface area (Å²) in [4.78, 5) is 0. The monoisotopic (exact) mass is 192 g/mol. The second kappa shape index (κ2) is 3.72. The van der Waals surface area contributed by atoms with Crippen LogP contribution in [0, 0.1) is 0 Å². The lowest BCUT2D eigenvalue weighted by Crippen LogP contribution is -2.24. The summed E-state index contributed by atoms with van der Waals surface area (Å²) in [6.45, 7) is 1.18. The van der Waals surface area contributed by atoms with Crippen molar-refractivity contribution in [1.82, 2.24) is 5.32 Å². The van der Waals surface area contributed by atoms with Crippen LogP contribution < -0.4 is 5.32 Å². The van der Waals surface area contributed by atoms with Crippen molar-refractivity contribution in [3.8, 4) is 0 Å². The van der Waals surface area contributed by atoms with E-state index in [4.69, 9.17) is 5.11 Å². The van der Waals surface area contributed by atoms with E-state index in [1.54, 1.807) is 12.5 Å². The molecule has 1 heterocycles. The second-order valence-corrected chi connectivity index (χ2v) is 6.11. The first-order valence-corrected chi connectivity index (χ1v) is 6.35. The maximum Gasteiger partial charge on any atom is 0.0680 e. The van der Waals surface area contributed by atoms with E-state index in [0.717, 1.165) is 6.42 Å². The maximum atomic E-state index is 11.2. The molecule has 2 N–H and O–H groups in total. The lowest BCUT2D eigenvalue weighted by atomic mass is 10.2. The standard InChI is InChI=1S/C7H16N2O2S/c1-12(2,11)9-4-6-3-7(10)5-8-6/h6-8,10H,3-5H2,1-2H3. The molecule has 4 nitrogen and oxygen atoms in total. The number of aliphatic hydroxyl groups is 1. The second-order valence-electron chi connectivity index (χ2n) is 3.49. The van der Waals surface area contributed by atoms with E-state index >= 15 is 0 Å². The van der Waals surface area contributed by atoms with E-state index in [2.05, 4.69) is 9.68 Å². The van der Waals surface area contributed by atoms with Gasteiger partial charge in [-0.3, -0.25) is 4.21 Å². The molecule has 2 atom stereocenters. The van der Waals surface area contributed by atoms with Crippen molar-refractivity contribution < 1.29 is 9.32 Å². The van der Waals surface area contributed by atoms with E-state index in [1.807, 2.05) is 0 Å². The molecule has 0 saturated carbocycles. The minimum Gasteiger partial charge on any atom is -0.392 e. The van der Waals surface area contributed by atoms with Gasteiger partial charge in [-0.1, -0.05) is 0 Å². The van der Waals surface area contributed by atoms with Crippen LogP contribution >= 0.6 is 0 Å². The van der Waals surface area contributed by atoms with Gasteiger partial charge in [0.2, 0.25) is 0 Å². The van der Waals surface area contributed by atoms with Crippen LogP contribution in [0.25, 0.3) is 0 Å². The molecule has 2 unspecified atom stereocenters. The summed E-state index contributed by atoms with van der Waals surface area (Å²) in [7, 11) is -1.98. The average Bonchev–Trinajstić information content (AvgIpc) is 2.30. The van der Waals surface area contributed by atoms with Crippen LogP contribution in [-0.4, -0.2) is 47.1 Å². The van der Waals surface area contributed by atoms with Gasteiger partial charge in [-0.2, -0.15) is 0 Å². The summed E-state index contributed by atoms with van der Waals surface area (Å²) in [6.07, 6.45) is 3.71. The highest BCUT2D eigenvalue weighted by Gasteiger charge is 2.21. The summed E-state index contributed by atoms with van der Waals surface area (Å²) < 4.78 is 15.2. The van der Waals surface area contributed by atoms with Gasteiger partial charge in [-0.05, 0) is 6.42 Å². The first kappa shape index (κ1) is 9.95. The Kier molecular flexibility index (Phi) is 3.09. The van der Waals surface area contributed by atoms with Gasteiger partial charge < -0.3 is 10.4 Å². The van der Waals surface area contributed by atoms with E-state index in [0.29, 0.717) is 13.1 Å². The molecule has 1 fully saturated rings. The van der Waals surface area contributed by atoms with E-state index in [9.17, 15) is 4.21 Å². The predicted molar refractivity (Wildman–Crippen MR) is 49.7 cm³/mol. The zero-order chi connectivity index (χ0) is 9.19. The van der Waals surface area contributed by atoms with Crippen molar-refractivity contribution in [2.75, 3.05) is 25.6 Å². The van der Waals surface area contributed by atoms with Crippen LogP contribution in [0.2, 0.25) is 0 Å². The number of nitrogens with one attached hydrogen (secondary N) is 1. The van der Waals surface area contributed by atoms with Crippen molar-refractivity contribution in [2.24, 2.45) is 4.36 Å². The number of hydrogen-bond donors (Lipinski definition) is 2. The molecule has 0 radical (unpaired) electrons. The Morgan fingerprint density at radius 3 is 2.75 bits per heavy atom. The lowest BCUT2D eigenvalue weighted by molar-refractivity contribution is 0.193. The number of hydrogen-bond acceptors (Lipinski definition) is 4. The van der Waals surface area contributed by atoms with Gasteiger partial charge >= 0.3 is 0 Å². The number of rotatable bonds is 2. The maximum absolute atomic E-state index is 11.2. The SMILES string of the molecule is CS(C)(=O)=NCC1CC(O)CN1. The van der Waals surface area contributed by atoms with Crippen molar-refractivity contribution in [3.63, 3.8) is 0 Å². The molecule has 5 heteroatoms. The molecule has 1 aliphatic rings. The third-order valence-electron chi connectivity index (χ3n) is 1.80. The van der Waals surface area contributed by atoms with Crippen molar-refractivity contribution >= 4 is 9.73 Å². The van der Waals surface area contributed by atoms with Gasteiger partial charge in [-0.15, -0.1) is 0 Å². The topological polar surface area (TPSA) is 61.7 Å². The van der Waals surface area contributed by atoms with Crippen molar-refractivity contribution in [1.29, 1.82) is 0 Å². The Balaban J connectivity index is 2.39. The zero-order valence-electron chi connectivity index (χ0n) is 7.49. The molecule has 1 saturated heterocycles. The van der Waals surface area contributed by atoms with Gasteiger partial charge in [0.15, 0.2) is 0 Å². The highest BCUT2D eigenvalue weighted by atomic mass is 32.2. The third-order valence-corrected chi connectivity index (χ3v) is 2.58. The molecule has 12 heavy (non-hydrogen) atoms. The summed E-state index contributed by atoms with van der Waals surface area (Å²) in [5.74, 6) is 0. The minimum absolute atomic E-state index is 0.209. The fourth-order valence-electron chi connectivity index (χ4n) is 1.21. The molecule has 0 aromatic rings. The van der Waals surface area contributed by atoms with Crippen molar-refractivity contribution in [2.45, 2.75) is 18.6 Å². The van der Waals surface area contributed by atoms with Crippen LogP contribution in [0.15, 0.2) is 4.36 Å². The molecule has 0 aromatic carbocycles. The van der Waals surface area contributed by atoms with Gasteiger partial charge in [0.25, 0.3) is 0 Å². The number of aliphatic hydroxyl groups excluding tert-OH is 1. The van der Waals surface area contributed by atoms with E-state index in [1.165, 1.54) is 0 Å². The normalized spacial score (nSPS) is 30.6. The van der Waals surface area contributed by atoms with Gasteiger partial charge in [-0.25, -0.2) is 4.36 Å². The fourth-order valence-corrected chi connectivity index (χ4v) is 1.75. The van der Waals surface area contributed by atoms with Gasteiger partial charge in [0.1, 0.15) is 0 Å². The summed E-state index contributed by atoms with van der Waals surface area (Å²) >= 11 is 0. The predicted octanol–water partition coefficient (Wildman–Crippen LogP) is -0.563. The Labute approximate surface area is 73.5 Å². The van der Waals surface area contributed by atoms with E-state index < -0.39 is 9.73 Å². The third kappa shape index (κ3) is 3.51. The molecule has 1 rings (SSSR count). The number of β-amino-alcohol motifs (C(OH)–C–C–N with tert-alkyl or cyclic N) is 1. The summed E-state index contributed by atoms with van der Waals surface area (Å²) in [6, 6.07) is 0.209. The molecule has 72 valence electrons. The van der Waals surface area contributed by atoms with E-state index in [-0.39, 0.29) is 12.1 Å². The van der Waals surface area contributed by atoms with Gasteiger partial charge in [0, 0.05) is 34.8 Å². The Hall–Kier alpha value is -0.130. The van der Waals surface area contributed by atoms with Crippen LogP contribution in [0.5, 0.6) is 0 Å². The molecular formula is C7H16N2O2S. The smallest absolute Gasteiger partial charge is 0.0680 e. The lowest BCUT2D eigenvalue weighted by Gasteiger charge is -2.05. The minimum atomic E-state index is -1.98. The van der Waals surface area contributed by atoms with Gasteiger partial charge in [0.05, 0.1) is 12.6 Å². The van der Waals surface area contributed by atoms with Crippen LogP contribution in [0.4, 0.5) is 0 Å². The first-order valence-electron chi connectivity index (χ1n) is 4.02. The zero-order valence-corrected chi connectivity index (χ0v) is 8.30. The molecule has 0 amide bonds. The molecule has 0 aliphatic carbocycles. The quantitative estimate of drug-likeness (QED) is 0.616. The molecule has 0 spiro atoms. The molecule has 0 bridgehead atoms. The summed E-state index contributed by atoms with van der Waals surface area (Å²) in [5.41, 5.74) is 0. The fraction of sp³-hybridized carbons (Fsp3) is 1.00. The highest BCUT2D eigenvalue weighted by molar-refractivity contribution is 7.92. The number of nitrogens with zero attached hydrogens (tertiary/aromatic N) is 1. The van der Waals surface area contributed by atoms with Crippen LogP contribution in [0.3, 0.4) is 0 Å². The molecule has 1 aliphatic heterocycles. The summed E-state index contributed by atoms with van der Waals surface area (Å²) in [5, 5.41) is 12.3. The Morgan fingerprint density at radius 2 is 2.33 bits per heavy atom.